The van der Waals surface area contributed by atoms with E-state index >= 15 is 0 Å². The van der Waals surface area contributed by atoms with E-state index in [9.17, 15) is 9.18 Å². The molecule has 1 N–H and O–H groups in total. The summed E-state index contributed by atoms with van der Waals surface area (Å²) in [6, 6.07) is 2.84. The Bertz CT molecular complexity index is 729. The van der Waals surface area contributed by atoms with Crippen LogP contribution >= 0.6 is 11.6 Å². The van der Waals surface area contributed by atoms with E-state index in [1.54, 1.807) is 24.2 Å². The zero-order valence-corrected chi connectivity index (χ0v) is 15.1. The lowest BCUT2D eigenvalue weighted by Gasteiger charge is -2.25. The van der Waals surface area contributed by atoms with Gasteiger partial charge >= 0.3 is 0 Å². The third-order valence-corrected chi connectivity index (χ3v) is 4.36. The largest absolute Gasteiger partial charge is 0.348 e. The first-order valence-corrected chi connectivity index (χ1v) is 8.06. The minimum absolute atomic E-state index is 0.0800. The number of aromatic nitrogens is 2. The molecule has 0 bridgehead atoms. The van der Waals surface area contributed by atoms with E-state index < -0.39 is 11.7 Å². The third kappa shape index (κ3) is 4.13. The lowest BCUT2D eigenvalue weighted by molar-refractivity contribution is 0.0725. The average molecular weight is 353 g/mol. The van der Waals surface area contributed by atoms with Gasteiger partial charge in [-0.2, -0.15) is 0 Å². The SMILES string of the molecule is Cc1ccc(F)c(C(=O)N(CCN(C)C)Cc2nc[nH]c2C)c1Cl. The van der Waals surface area contributed by atoms with Crippen molar-refractivity contribution in [2.75, 3.05) is 27.2 Å². The monoisotopic (exact) mass is 352 g/mol. The Morgan fingerprint density at radius 3 is 2.58 bits per heavy atom. The molecule has 7 heteroatoms. The van der Waals surface area contributed by atoms with Gasteiger partial charge in [0.05, 0.1) is 29.2 Å². The van der Waals surface area contributed by atoms with Crippen LogP contribution in [0.3, 0.4) is 0 Å². The quantitative estimate of drug-likeness (QED) is 0.869. The van der Waals surface area contributed by atoms with Crippen molar-refractivity contribution in [2.24, 2.45) is 0 Å². The van der Waals surface area contributed by atoms with Crippen LogP contribution in [0.1, 0.15) is 27.3 Å². The molecule has 0 atom stereocenters. The molecule has 1 heterocycles. The molecule has 1 amide bonds. The average Bonchev–Trinajstić information content (AvgIpc) is 2.92. The van der Waals surface area contributed by atoms with Crippen molar-refractivity contribution < 1.29 is 9.18 Å². The summed E-state index contributed by atoms with van der Waals surface area (Å²) >= 11 is 6.19. The highest BCUT2D eigenvalue weighted by molar-refractivity contribution is 6.34. The molecule has 0 aliphatic carbocycles. The maximum atomic E-state index is 14.2. The molecule has 0 saturated carbocycles. The fraction of sp³-hybridized carbons (Fsp3) is 0.412. The van der Waals surface area contributed by atoms with Gasteiger partial charge in [-0.05, 0) is 39.6 Å². The molecule has 0 spiro atoms. The third-order valence-electron chi connectivity index (χ3n) is 3.88. The second-order valence-electron chi connectivity index (χ2n) is 6.06. The standard InChI is InChI=1S/C17H22ClFN4O/c1-11-5-6-13(19)15(16(11)18)17(24)23(8-7-22(3)4)9-14-12(2)20-10-21-14/h5-6,10H,7-9H2,1-4H3,(H,20,21). The van der Waals surface area contributed by atoms with Crippen LogP contribution < -0.4 is 0 Å². The Hall–Kier alpha value is -1.92. The number of aromatic amines is 1. The van der Waals surface area contributed by atoms with Crippen molar-refractivity contribution >= 4 is 17.5 Å². The van der Waals surface area contributed by atoms with Crippen LogP contribution in [-0.4, -0.2) is 52.9 Å². The Balaban J connectivity index is 2.34. The molecule has 0 radical (unpaired) electrons. The predicted octanol–water partition coefficient (Wildman–Crippen LogP) is 3.02. The molecule has 130 valence electrons. The van der Waals surface area contributed by atoms with Crippen molar-refractivity contribution in [2.45, 2.75) is 20.4 Å². The number of likely N-dealkylation sites (N-methyl/N-ethyl adjacent to an activating group) is 1. The van der Waals surface area contributed by atoms with Gasteiger partial charge in [0, 0.05) is 18.8 Å². The number of hydrogen-bond acceptors (Lipinski definition) is 3. The molecule has 24 heavy (non-hydrogen) atoms. The number of nitrogens with zero attached hydrogens (tertiary/aromatic N) is 3. The first kappa shape index (κ1) is 18.4. The van der Waals surface area contributed by atoms with Crippen LogP contribution in [0, 0.1) is 19.7 Å². The summed E-state index contributed by atoms with van der Waals surface area (Å²) in [5.74, 6) is -1.03. The van der Waals surface area contributed by atoms with Crippen molar-refractivity contribution in [3.63, 3.8) is 0 Å². The highest BCUT2D eigenvalue weighted by Gasteiger charge is 2.24. The van der Waals surface area contributed by atoms with Gasteiger partial charge in [-0.25, -0.2) is 9.37 Å². The topological polar surface area (TPSA) is 52.2 Å². The van der Waals surface area contributed by atoms with Gasteiger partial charge < -0.3 is 14.8 Å². The fourth-order valence-electron chi connectivity index (χ4n) is 2.31. The number of H-pyrrole nitrogens is 1. The van der Waals surface area contributed by atoms with Gasteiger partial charge in [0.25, 0.3) is 5.91 Å². The minimum atomic E-state index is -0.607. The molecule has 5 nitrogen and oxygen atoms in total. The number of benzene rings is 1. The summed E-state index contributed by atoms with van der Waals surface area (Å²) in [7, 11) is 3.84. The summed E-state index contributed by atoms with van der Waals surface area (Å²) in [6.45, 7) is 5.03. The van der Waals surface area contributed by atoms with Crippen LogP contribution in [-0.2, 0) is 6.54 Å². The van der Waals surface area contributed by atoms with Crippen molar-refractivity contribution in [3.8, 4) is 0 Å². The zero-order valence-electron chi connectivity index (χ0n) is 14.4. The highest BCUT2D eigenvalue weighted by atomic mass is 35.5. The summed E-state index contributed by atoms with van der Waals surface area (Å²) in [5.41, 5.74) is 2.23. The highest BCUT2D eigenvalue weighted by Crippen LogP contribution is 2.25. The van der Waals surface area contributed by atoms with Crippen LogP contribution in [0.25, 0.3) is 0 Å². The summed E-state index contributed by atoms with van der Waals surface area (Å²) in [5, 5.41) is 0.161. The minimum Gasteiger partial charge on any atom is -0.348 e. The van der Waals surface area contributed by atoms with E-state index in [1.165, 1.54) is 6.07 Å². The molecule has 1 aromatic heterocycles. The smallest absolute Gasteiger partial charge is 0.258 e. The molecule has 0 saturated heterocycles. The molecule has 0 aliphatic rings. The van der Waals surface area contributed by atoms with Crippen molar-refractivity contribution in [1.82, 2.24) is 19.8 Å². The second kappa shape index (κ2) is 7.77. The Morgan fingerprint density at radius 1 is 1.29 bits per heavy atom. The van der Waals surface area contributed by atoms with E-state index in [-0.39, 0.29) is 10.6 Å². The summed E-state index contributed by atoms with van der Waals surface area (Å²) in [6.07, 6.45) is 1.58. The molecular formula is C17H22ClFN4O. The zero-order chi connectivity index (χ0) is 17.9. The Morgan fingerprint density at radius 2 is 2.00 bits per heavy atom. The summed E-state index contributed by atoms with van der Waals surface area (Å²) < 4.78 is 14.2. The van der Waals surface area contributed by atoms with Gasteiger partial charge in [0.15, 0.2) is 0 Å². The second-order valence-corrected chi connectivity index (χ2v) is 6.44. The van der Waals surface area contributed by atoms with Gasteiger partial charge in [-0.15, -0.1) is 0 Å². The van der Waals surface area contributed by atoms with Crippen LogP contribution in [0.4, 0.5) is 4.39 Å². The number of nitrogens with one attached hydrogen (secondary N) is 1. The van der Waals surface area contributed by atoms with Crippen LogP contribution in [0.15, 0.2) is 18.5 Å². The normalized spacial score (nSPS) is 11.1. The van der Waals surface area contributed by atoms with E-state index in [0.717, 1.165) is 11.4 Å². The predicted molar refractivity (Wildman–Crippen MR) is 92.8 cm³/mol. The van der Waals surface area contributed by atoms with Crippen LogP contribution in [0.5, 0.6) is 0 Å². The number of carbonyl (C=O) groups is 1. The number of imidazole rings is 1. The molecular weight excluding hydrogens is 331 g/mol. The molecule has 2 aromatic rings. The first-order valence-electron chi connectivity index (χ1n) is 7.68. The first-order chi connectivity index (χ1) is 11.3. The molecule has 0 fully saturated rings. The Labute approximate surface area is 146 Å². The number of rotatable bonds is 6. The van der Waals surface area contributed by atoms with Crippen molar-refractivity contribution in [3.05, 3.63) is 51.8 Å². The van der Waals surface area contributed by atoms with Gasteiger partial charge in [0.1, 0.15) is 5.82 Å². The number of carbonyl (C=O) groups excluding carboxylic acids is 1. The fourth-order valence-corrected chi connectivity index (χ4v) is 2.55. The van der Waals surface area contributed by atoms with Crippen molar-refractivity contribution in [1.29, 1.82) is 0 Å². The number of hydrogen-bond donors (Lipinski definition) is 1. The van der Waals surface area contributed by atoms with E-state index in [1.807, 2.05) is 25.9 Å². The lowest BCUT2D eigenvalue weighted by atomic mass is 10.1. The molecule has 2 rings (SSSR count). The summed E-state index contributed by atoms with van der Waals surface area (Å²) in [4.78, 5) is 23.7. The van der Waals surface area contributed by atoms with Gasteiger partial charge in [0.2, 0.25) is 0 Å². The molecule has 0 aliphatic heterocycles. The molecule has 0 unspecified atom stereocenters. The van der Waals surface area contributed by atoms with Crippen LogP contribution in [0.2, 0.25) is 5.02 Å². The number of amides is 1. The van der Waals surface area contributed by atoms with E-state index in [2.05, 4.69) is 9.97 Å². The van der Waals surface area contributed by atoms with Gasteiger partial charge in [-0.1, -0.05) is 17.7 Å². The number of aryl methyl sites for hydroxylation is 2. The van der Waals surface area contributed by atoms with E-state index in [0.29, 0.717) is 25.2 Å². The maximum Gasteiger partial charge on any atom is 0.258 e. The lowest BCUT2D eigenvalue weighted by Crippen LogP contribution is -2.37. The van der Waals surface area contributed by atoms with E-state index in [4.69, 9.17) is 11.6 Å². The number of halogens is 2. The molecule has 1 aromatic carbocycles. The van der Waals surface area contributed by atoms with Gasteiger partial charge in [-0.3, -0.25) is 4.79 Å². The Kier molecular flexibility index (Phi) is 5.96. The maximum absolute atomic E-state index is 14.2.